The molecule has 2 aromatic carbocycles. The second-order valence-corrected chi connectivity index (χ2v) is 6.39. The molecular weight excluding hydrogens is 440 g/mol. The maximum absolute atomic E-state index is 12.5. The molecule has 0 unspecified atom stereocenters. The first-order chi connectivity index (χ1) is 13.5. The molecule has 160 valence electrons. The van der Waals surface area contributed by atoms with Gasteiger partial charge in [0.2, 0.25) is 5.75 Å². The summed E-state index contributed by atoms with van der Waals surface area (Å²) in [6.45, 7) is 1.88. The Bertz CT molecular complexity index is 756. The molecule has 0 atom stereocenters. The Morgan fingerprint density at radius 3 is 2.03 bits per heavy atom. The molecule has 0 heterocycles. The third-order valence-electron chi connectivity index (χ3n) is 4.11. The molecule has 0 radical (unpaired) electrons. The smallest absolute Gasteiger partial charge is 0.251 e. The molecule has 0 aliphatic rings. The highest BCUT2D eigenvalue weighted by Gasteiger charge is 2.16. The van der Waals surface area contributed by atoms with Crippen LogP contribution in [0.4, 0.5) is 0 Å². The zero-order valence-electron chi connectivity index (χ0n) is 17.5. The zero-order chi connectivity index (χ0) is 20.5. The van der Waals surface area contributed by atoms with Gasteiger partial charge in [-0.3, -0.25) is 4.79 Å². The zero-order valence-corrected chi connectivity index (χ0v) is 19.2. The highest BCUT2D eigenvalue weighted by Crippen LogP contribution is 2.38. The van der Waals surface area contributed by atoms with Crippen molar-refractivity contribution in [2.24, 2.45) is 0 Å². The van der Waals surface area contributed by atoms with Crippen molar-refractivity contribution < 1.29 is 23.7 Å². The van der Waals surface area contributed by atoms with Crippen LogP contribution in [0.2, 0.25) is 0 Å². The third kappa shape index (κ3) is 7.14. The van der Waals surface area contributed by atoms with Crippen molar-refractivity contribution in [3.05, 3.63) is 47.5 Å². The first-order valence-corrected chi connectivity index (χ1v) is 8.93. The van der Waals surface area contributed by atoms with Crippen LogP contribution in [-0.4, -0.2) is 59.4 Å². The number of hydrogen-bond acceptors (Lipinski definition) is 6. The minimum absolute atomic E-state index is 0. The van der Waals surface area contributed by atoms with Crippen LogP contribution in [0.1, 0.15) is 15.9 Å². The number of rotatable bonds is 10. The maximum atomic E-state index is 12.5. The van der Waals surface area contributed by atoms with E-state index < -0.39 is 0 Å². The summed E-state index contributed by atoms with van der Waals surface area (Å²) in [5, 5.41) is 2.89. The lowest BCUT2D eigenvalue weighted by molar-refractivity contribution is 0.0950. The molecule has 0 aliphatic heterocycles. The van der Waals surface area contributed by atoms with Crippen LogP contribution in [0.3, 0.4) is 0 Å². The van der Waals surface area contributed by atoms with Crippen molar-refractivity contribution in [2.45, 2.75) is 6.54 Å². The highest BCUT2D eigenvalue weighted by molar-refractivity contribution is 8.93. The molecule has 0 aliphatic carbocycles. The van der Waals surface area contributed by atoms with Crippen LogP contribution in [0.5, 0.6) is 23.0 Å². The molecule has 1 amide bonds. The van der Waals surface area contributed by atoms with E-state index >= 15 is 0 Å². The van der Waals surface area contributed by atoms with E-state index in [1.807, 2.05) is 38.4 Å². The van der Waals surface area contributed by atoms with Gasteiger partial charge >= 0.3 is 0 Å². The van der Waals surface area contributed by atoms with Gasteiger partial charge in [0, 0.05) is 18.7 Å². The number of benzene rings is 2. The largest absolute Gasteiger partial charge is 0.493 e. The van der Waals surface area contributed by atoms with Crippen LogP contribution in [0, 0.1) is 0 Å². The highest BCUT2D eigenvalue weighted by atomic mass is 79.9. The van der Waals surface area contributed by atoms with Crippen molar-refractivity contribution in [3.63, 3.8) is 0 Å². The maximum Gasteiger partial charge on any atom is 0.251 e. The van der Waals surface area contributed by atoms with Crippen molar-refractivity contribution in [1.82, 2.24) is 10.2 Å². The van der Waals surface area contributed by atoms with E-state index in [0.717, 1.165) is 17.9 Å². The lowest BCUT2D eigenvalue weighted by atomic mass is 10.1. The van der Waals surface area contributed by atoms with Crippen LogP contribution in [-0.2, 0) is 6.54 Å². The number of nitrogens with zero attached hydrogens (tertiary/aromatic N) is 1. The van der Waals surface area contributed by atoms with Gasteiger partial charge in [-0.2, -0.15) is 0 Å². The van der Waals surface area contributed by atoms with Crippen molar-refractivity contribution in [3.8, 4) is 23.0 Å². The fraction of sp³-hybridized carbons (Fsp3) is 0.381. The van der Waals surface area contributed by atoms with E-state index in [1.165, 1.54) is 21.3 Å². The van der Waals surface area contributed by atoms with E-state index in [1.54, 1.807) is 12.1 Å². The first-order valence-electron chi connectivity index (χ1n) is 8.93. The fourth-order valence-corrected chi connectivity index (χ4v) is 2.55. The molecule has 29 heavy (non-hydrogen) atoms. The van der Waals surface area contributed by atoms with Gasteiger partial charge in [-0.15, -0.1) is 17.0 Å². The van der Waals surface area contributed by atoms with Crippen LogP contribution < -0.4 is 24.3 Å². The summed E-state index contributed by atoms with van der Waals surface area (Å²) in [6, 6.07) is 10.9. The molecule has 0 saturated carbocycles. The Hall–Kier alpha value is -2.45. The molecular formula is C21H29BrN2O5. The van der Waals surface area contributed by atoms with Gasteiger partial charge in [-0.25, -0.2) is 0 Å². The molecule has 0 saturated heterocycles. The molecule has 0 fully saturated rings. The second kappa shape index (κ2) is 12.2. The number of likely N-dealkylation sites (N-methyl/N-ethyl adjacent to an activating group) is 1. The van der Waals surface area contributed by atoms with Gasteiger partial charge in [0.15, 0.2) is 11.5 Å². The average Bonchev–Trinajstić information content (AvgIpc) is 2.71. The van der Waals surface area contributed by atoms with E-state index in [0.29, 0.717) is 36.0 Å². The Kier molecular flexibility index (Phi) is 10.3. The van der Waals surface area contributed by atoms with Crippen LogP contribution in [0.15, 0.2) is 36.4 Å². The predicted octanol–water partition coefficient (Wildman–Crippen LogP) is 3.16. The number of methoxy groups -OCH3 is 3. The number of carbonyl (C=O) groups is 1. The predicted molar refractivity (Wildman–Crippen MR) is 118 cm³/mol. The molecule has 1 N–H and O–H groups in total. The van der Waals surface area contributed by atoms with E-state index in [4.69, 9.17) is 18.9 Å². The lowest BCUT2D eigenvalue weighted by Crippen LogP contribution is -2.23. The second-order valence-electron chi connectivity index (χ2n) is 6.39. The number of amides is 1. The molecule has 2 rings (SSSR count). The van der Waals surface area contributed by atoms with E-state index in [9.17, 15) is 4.79 Å². The average molecular weight is 469 g/mol. The standard InChI is InChI=1S/C21H28N2O5.BrH/c1-23(2)10-11-28-17-8-6-15(7-9-17)14-22-21(24)16-12-18(25-3)20(27-5)19(13-16)26-4;/h6-9,12-13H,10-11,14H2,1-5H3,(H,22,24);1H. The molecule has 7 nitrogen and oxygen atoms in total. The van der Waals surface area contributed by atoms with E-state index in [-0.39, 0.29) is 22.9 Å². The van der Waals surface area contributed by atoms with Crippen LogP contribution >= 0.6 is 17.0 Å². The van der Waals surface area contributed by atoms with E-state index in [2.05, 4.69) is 10.2 Å². The first kappa shape index (κ1) is 24.6. The molecule has 0 spiro atoms. The van der Waals surface area contributed by atoms with Crippen molar-refractivity contribution in [2.75, 3.05) is 48.6 Å². The Morgan fingerprint density at radius 2 is 1.55 bits per heavy atom. The van der Waals surface area contributed by atoms with Crippen LogP contribution in [0.25, 0.3) is 0 Å². The minimum atomic E-state index is -0.231. The third-order valence-corrected chi connectivity index (χ3v) is 4.11. The Balaban J connectivity index is 0.00000420. The summed E-state index contributed by atoms with van der Waals surface area (Å²) in [6.07, 6.45) is 0. The number of ether oxygens (including phenoxy) is 4. The Morgan fingerprint density at radius 1 is 0.966 bits per heavy atom. The summed E-state index contributed by atoms with van der Waals surface area (Å²) in [5.41, 5.74) is 1.40. The summed E-state index contributed by atoms with van der Waals surface area (Å²) in [4.78, 5) is 14.6. The van der Waals surface area contributed by atoms with Crippen molar-refractivity contribution >= 4 is 22.9 Å². The number of halogens is 1. The van der Waals surface area contributed by atoms with Gasteiger partial charge in [-0.05, 0) is 43.9 Å². The Labute approximate surface area is 182 Å². The van der Waals surface area contributed by atoms with Gasteiger partial charge in [0.1, 0.15) is 12.4 Å². The minimum Gasteiger partial charge on any atom is -0.493 e. The normalized spacial score (nSPS) is 10.1. The fourth-order valence-electron chi connectivity index (χ4n) is 2.55. The van der Waals surface area contributed by atoms with Gasteiger partial charge in [0.25, 0.3) is 5.91 Å². The summed E-state index contributed by atoms with van der Waals surface area (Å²) in [7, 11) is 8.56. The topological polar surface area (TPSA) is 69.3 Å². The monoisotopic (exact) mass is 468 g/mol. The molecule has 2 aromatic rings. The van der Waals surface area contributed by atoms with Gasteiger partial charge < -0.3 is 29.2 Å². The summed E-state index contributed by atoms with van der Waals surface area (Å²) < 4.78 is 21.5. The quantitative estimate of drug-likeness (QED) is 0.577. The number of nitrogens with one attached hydrogen (secondary N) is 1. The molecule has 0 bridgehead atoms. The molecule has 0 aromatic heterocycles. The SMILES string of the molecule is Br.COc1cc(C(=O)NCc2ccc(OCCN(C)C)cc2)cc(OC)c1OC. The lowest BCUT2D eigenvalue weighted by Gasteiger charge is -2.14. The van der Waals surface area contributed by atoms with Gasteiger partial charge in [-0.1, -0.05) is 12.1 Å². The van der Waals surface area contributed by atoms with Gasteiger partial charge in [0.05, 0.1) is 21.3 Å². The summed E-state index contributed by atoms with van der Waals surface area (Å²) >= 11 is 0. The summed E-state index contributed by atoms with van der Waals surface area (Å²) in [5.74, 6) is 1.90. The molecule has 8 heteroatoms. The van der Waals surface area contributed by atoms with Crippen molar-refractivity contribution in [1.29, 1.82) is 0 Å². The number of carbonyl (C=O) groups excluding carboxylic acids is 1. The number of hydrogen-bond donors (Lipinski definition) is 1.